The standard InChI is InChI=1S/C15H20BrNO3/c1-10-6-13(7-11(2)15(10)16)20-9-14(18)17-8-12-4-3-5-19-12/h6-7,12H,3-5,8-9H2,1-2H3,(H,17,18)/t12-/m0/s1. The number of hydrogen-bond donors (Lipinski definition) is 1. The van der Waals surface area contributed by atoms with E-state index < -0.39 is 0 Å². The maximum atomic E-state index is 11.7. The molecule has 1 fully saturated rings. The Kier molecular flexibility index (Phi) is 5.43. The van der Waals surface area contributed by atoms with Gasteiger partial charge >= 0.3 is 0 Å². The van der Waals surface area contributed by atoms with E-state index >= 15 is 0 Å². The number of ether oxygens (including phenoxy) is 2. The van der Waals surface area contributed by atoms with Crippen LogP contribution in [0.2, 0.25) is 0 Å². The molecule has 1 aromatic rings. The number of aryl methyl sites for hydroxylation is 2. The fourth-order valence-corrected chi connectivity index (χ4v) is 2.45. The number of carbonyl (C=O) groups is 1. The van der Waals surface area contributed by atoms with Gasteiger partial charge in [-0.1, -0.05) is 15.9 Å². The Morgan fingerprint density at radius 1 is 1.45 bits per heavy atom. The number of hydrogen-bond acceptors (Lipinski definition) is 3. The Morgan fingerprint density at radius 3 is 2.75 bits per heavy atom. The quantitative estimate of drug-likeness (QED) is 0.895. The SMILES string of the molecule is Cc1cc(OCC(=O)NC[C@@H]2CCCO2)cc(C)c1Br. The lowest BCUT2D eigenvalue weighted by atomic mass is 10.1. The van der Waals surface area contributed by atoms with E-state index in [9.17, 15) is 4.79 Å². The minimum absolute atomic E-state index is 0.0350. The molecule has 0 aromatic heterocycles. The summed E-state index contributed by atoms with van der Waals surface area (Å²) in [7, 11) is 0. The molecule has 0 spiro atoms. The van der Waals surface area contributed by atoms with Crippen LogP contribution in [-0.2, 0) is 9.53 Å². The van der Waals surface area contributed by atoms with Crippen LogP contribution in [0.3, 0.4) is 0 Å². The summed E-state index contributed by atoms with van der Waals surface area (Å²) in [5.74, 6) is 0.606. The Hall–Kier alpha value is -1.07. The van der Waals surface area contributed by atoms with E-state index in [1.807, 2.05) is 26.0 Å². The molecule has 5 heteroatoms. The third-order valence-electron chi connectivity index (χ3n) is 3.33. The molecule has 110 valence electrons. The number of nitrogens with one attached hydrogen (secondary N) is 1. The van der Waals surface area contributed by atoms with Crippen molar-refractivity contribution in [2.45, 2.75) is 32.8 Å². The third-order valence-corrected chi connectivity index (χ3v) is 4.58. The van der Waals surface area contributed by atoms with Crippen molar-refractivity contribution in [1.82, 2.24) is 5.32 Å². The van der Waals surface area contributed by atoms with Crippen LogP contribution in [0.25, 0.3) is 0 Å². The predicted octanol–water partition coefficient (Wildman–Crippen LogP) is 2.74. The van der Waals surface area contributed by atoms with Crippen LogP contribution >= 0.6 is 15.9 Å². The molecule has 20 heavy (non-hydrogen) atoms. The van der Waals surface area contributed by atoms with E-state index in [2.05, 4.69) is 21.2 Å². The van der Waals surface area contributed by atoms with Gasteiger partial charge < -0.3 is 14.8 Å². The van der Waals surface area contributed by atoms with Crippen molar-refractivity contribution < 1.29 is 14.3 Å². The van der Waals surface area contributed by atoms with Crippen LogP contribution in [0.5, 0.6) is 5.75 Å². The minimum atomic E-state index is -0.112. The fourth-order valence-electron chi connectivity index (χ4n) is 2.22. The summed E-state index contributed by atoms with van der Waals surface area (Å²) in [5, 5.41) is 2.84. The summed E-state index contributed by atoms with van der Waals surface area (Å²) in [4.78, 5) is 11.7. The van der Waals surface area contributed by atoms with Gasteiger partial charge in [0.2, 0.25) is 0 Å². The maximum Gasteiger partial charge on any atom is 0.258 e. The summed E-state index contributed by atoms with van der Waals surface area (Å²) in [6.07, 6.45) is 2.26. The highest BCUT2D eigenvalue weighted by Gasteiger charge is 2.16. The third kappa shape index (κ3) is 4.21. The van der Waals surface area contributed by atoms with Crippen LogP contribution in [0.15, 0.2) is 16.6 Å². The Balaban J connectivity index is 1.78. The van der Waals surface area contributed by atoms with Crippen LogP contribution in [0.1, 0.15) is 24.0 Å². The number of carbonyl (C=O) groups excluding carboxylic acids is 1. The molecule has 1 aliphatic heterocycles. The van der Waals surface area contributed by atoms with Crippen molar-refractivity contribution in [1.29, 1.82) is 0 Å². The lowest BCUT2D eigenvalue weighted by Crippen LogP contribution is -2.35. The van der Waals surface area contributed by atoms with Crippen molar-refractivity contribution in [3.05, 3.63) is 27.7 Å². The van der Waals surface area contributed by atoms with Crippen molar-refractivity contribution >= 4 is 21.8 Å². The lowest BCUT2D eigenvalue weighted by molar-refractivity contribution is -0.123. The molecule has 1 heterocycles. The highest BCUT2D eigenvalue weighted by atomic mass is 79.9. The van der Waals surface area contributed by atoms with Crippen LogP contribution < -0.4 is 10.1 Å². The second kappa shape index (κ2) is 7.09. The van der Waals surface area contributed by atoms with Gasteiger partial charge in [0, 0.05) is 17.6 Å². The molecule has 1 saturated heterocycles. The molecule has 1 N–H and O–H groups in total. The van der Waals surface area contributed by atoms with Crippen LogP contribution in [0.4, 0.5) is 0 Å². The van der Waals surface area contributed by atoms with Gasteiger partial charge in [-0.15, -0.1) is 0 Å². The maximum absolute atomic E-state index is 11.7. The highest BCUT2D eigenvalue weighted by molar-refractivity contribution is 9.10. The average molecular weight is 342 g/mol. The van der Waals surface area contributed by atoms with E-state index in [1.54, 1.807) is 0 Å². The zero-order valence-corrected chi connectivity index (χ0v) is 13.5. The number of halogens is 1. The normalized spacial score (nSPS) is 18.1. The second-order valence-electron chi connectivity index (χ2n) is 5.10. The molecular formula is C15H20BrNO3. The first-order valence-electron chi connectivity index (χ1n) is 6.84. The largest absolute Gasteiger partial charge is 0.484 e. The first-order chi connectivity index (χ1) is 9.56. The first-order valence-corrected chi connectivity index (χ1v) is 7.63. The van der Waals surface area contributed by atoms with E-state index in [1.165, 1.54) is 0 Å². The van der Waals surface area contributed by atoms with Gasteiger partial charge in [0.15, 0.2) is 6.61 Å². The molecule has 0 unspecified atom stereocenters. The van der Waals surface area contributed by atoms with Gasteiger partial charge in [-0.3, -0.25) is 4.79 Å². The fraction of sp³-hybridized carbons (Fsp3) is 0.533. The molecule has 1 aliphatic rings. The lowest BCUT2D eigenvalue weighted by Gasteiger charge is -2.12. The van der Waals surface area contributed by atoms with Crippen molar-refractivity contribution in [2.75, 3.05) is 19.8 Å². The monoisotopic (exact) mass is 341 g/mol. The molecule has 0 radical (unpaired) electrons. The predicted molar refractivity (Wildman–Crippen MR) is 81.1 cm³/mol. The Bertz CT molecular complexity index is 461. The minimum Gasteiger partial charge on any atom is -0.484 e. The zero-order chi connectivity index (χ0) is 14.5. The van der Waals surface area contributed by atoms with Crippen LogP contribution in [0, 0.1) is 13.8 Å². The molecule has 4 nitrogen and oxygen atoms in total. The summed E-state index contributed by atoms with van der Waals surface area (Å²) in [6.45, 7) is 5.41. The summed E-state index contributed by atoms with van der Waals surface area (Å²) >= 11 is 3.51. The Morgan fingerprint density at radius 2 is 2.15 bits per heavy atom. The molecule has 0 saturated carbocycles. The molecule has 2 rings (SSSR count). The Labute approximate surface area is 128 Å². The first kappa shape index (κ1) is 15.3. The molecular weight excluding hydrogens is 322 g/mol. The molecule has 1 amide bonds. The highest BCUT2D eigenvalue weighted by Crippen LogP contribution is 2.26. The second-order valence-corrected chi connectivity index (χ2v) is 5.89. The van der Waals surface area contributed by atoms with Gasteiger partial charge in [0.1, 0.15) is 5.75 Å². The van der Waals surface area contributed by atoms with E-state index in [4.69, 9.17) is 9.47 Å². The number of benzene rings is 1. The van der Waals surface area contributed by atoms with E-state index in [0.29, 0.717) is 6.54 Å². The smallest absolute Gasteiger partial charge is 0.258 e. The van der Waals surface area contributed by atoms with Gasteiger partial charge in [-0.2, -0.15) is 0 Å². The van der Waals surface area contributed by atoms with Crippen molar-refractivity contribution in [3.63, 3.8) is 0 Å². The van der Waals surface area contributed by atoms with Crippen molar-refractivity contribution in [2.24, 2.45) is 0 Å². The summed E-state index contributed by atoms with van der Waals surface area (Å²) in [5.41, 5.74) is 2.19. The van der Waals surface area contributed by atoms with Crippen LogP contribution in [-0.4, -0.2) is 31.8 Å². The molecule has 0 aliphatic carbocycles. The summed E-state index contributed by atoms with van der Waals surface area (Å²) in [6, 6.07) is 3.84. The van der Waals surface area contributed by atoms with Crippen molar-refractivity contribution in [3.8, 4) is 5.75 Å². The number of amides is 1. The summed E-state index contributed by atoms with van der Waals surface area (Å²) < 4.78 is 12.1. The van der Waals surface area contributed by atoms with Gasteiger partial charge in [0.25, 0.3) is 5.91 Å². The van der Waals surface area contributed by atoms with Gasteiger partial charge in [-0.05, 0) is 49.9 Å². The topological polar surface area (TPSA) is 47.6 Å². The molecule has 1 aromatic carbocycles. The number of rotatable bonds is 5. The zero-order valence-electron chi connectivity index (χ0n) is 11.9. The van der Waals surface area contributed by atoms with Gasteiger partial charge in [-0.25, -0.2) is 0 Å². The molecule has 0 bridgehead atoms. The van der Waals surface area contributed by atoms with E-state index in [-0.39, 0.29) is 18.6 Å². The van der Waals surface area contributed by atoms with Gasteiger partial charge in [0.05, 0.1) is 6.10 Å². The average Bonchev–Trinajstić information content (AvgIpc) is 2.93. The van der Waals surface area contributed by atoms with E-state index in [0.717, 1.165) is 40.8 Å². The molecule has 1 atom stereocenters.